The first-order valence-electron chi connectivity index (χ1n) is 7.08. The van der Waals surface area contributed by atoms with Gasteiger partial charge in [0.15, 0.2) is 0 Å². The van der Waals surface area contributed by atoms with Crippen LogP contribution in [0, 0.1) is 13.8 Å². The molecule has 1 aliphatic rings. The zero-order valence-electron chi connectivity index (χ0n) is 12.5. The van der Waals surface area contributed by atoms with E-state index in [0.29, 0.717) is 12.2 Å². The molecule has 0 aliphatic carbocycles. The number of aryl methyl sites for hydroxylation is 3. The van der Waals surface area contributed by atoms with E-state index in [9.17, 15) is 4.79 Å². The smallest absolute Gasteiger partial charge is 0.254 e. The Bertz CT molecular complexity index is 691. The molecule has 1 amide bonds. The molecule has 2 aromatic rings. The number of hydrogen-bond acceptors (Lipinski definition) is 3. The van der Waals surface area contributed by atoms with Crippen LogP contribution in [0.4, 0.5) is 0 Å². The Morgan fingerprint density at radius 3 is 2.95 bits per heavy atom. The van der Waals surface area contributed by atoms with E-state index >= 15 is 0 Å². The monoisotopic (exact) mass is 285 g/mol. The molecule has 110 valence electrons. The zero-order valence-corrected chi connectivity index (χ0v) is 12.5. The summed E-state index contributed by atoms with van der Waals surface area (Å²) in [5, 5.41) is 7.12. The van der Waals surface area contributed by atoms with Crippen molar-refractivity contribution in [3.63, 3.8) is 0 Å². The number of aromatic nitrogens is 2. The molecule has 1 N–H and O–H groups in total. The average molecular weight is 285 g/mol. The fraction of sp³-hybridized carbons (Fsp3) is 0.375. The molecule has 0 saturated heterocycles. The van der Waals surface area contributed by atoms with Crippen molar-refractivity contribution in [2.24, 2.45) is 7.05 Å². The minimum atomic E-state index is -0.0971. The third-order valence-electron chi connectivity index (χ3n) is 3.75. The lowest BCUT2D eigenvalue weighted by Gasteiger charge is -2.28. The van der Waals surface area contributed by atoms with Gasteiger partial charge in [-0.3, -0.25) is 9.48 Å². The van der Waals surface area contributed by atoms with Gasteiger partial charge in [-0.05, 0) is 19.4 Å². The van der Waals surface area contributed by atoms with Crippen LogP contribution in [0.2, 0.25) is 0 Å². The normalized spacial score (nSPS) is 17.0. The highest BCUT2D eigenvalue weighted by Crippen LogP contribution is 2.35. The molecule has 0 unspecified atom stereocenters. The summed E-state index contributed by atoms with van der Waals surface area (Å²) in [6.07, 6.45) is 4.08. The SMILES string of the molecule is Cc1cc(C)c2c(c1)[C@@H](NC(=O)c1cnn(C)c1)CCO2. The number of carbonyl (C=O) groups is 1. The van der Waals surface area contributed by atoms with Gasteiger partial charge in [0.2, 0.25) is 0 Å². The molecule has 5 heteroatoms. The minimum absolute atomic E-state index is 0.0138. The fourth-order valence-corrected chi connectivity index (χ4v) is 2.81. The predicted molar refractivity (Wildman–Crippen MR) is 79.4 cm³/mol. The molecule has 1 atom stereocenters. The summed E-state index contributed by atoms with van der Waals surface area (Å²) in [4.78, 5) is 12.3. The van der Waals surface area contributed by atoms with Gasteiger partial charge in [0, 0.05) is 25.2 Å². The molecular formula is C16H19N3O2. The Hall–Kier alpha value is -2.30. The van der Waals surface area contributed by atoms with Crippen LogP contribution in [-0.2, 0) is 7.05 Å². The molecular weight excluding hydrogens is 266 g/mol. The topological polar surface area (TPSA) is 56.2 Å². The third-order valence-corrected chi connectivity index (χ3v) is 3.75. The molecule has 0 radical (unpaired) electrons. The van der Waals surface area contributed by atoms with Crippen molar-refractivity contribution in [3.05, 3.63) is 46.8 Å². The fourth-order valence-electron chi connectivity index (χ4n) is 2.81. The van der Waals surface area contributed by atoms with Crippen molar-refractivity contribution in [2.75, 3.05) is 6.61 Å². The van der Waals surface area contributed by atoms with Crippen molar-refractivity contribution >= 4 is 5.91 Å². The van der Waals surface area contributed by atoms with Crippen LogP contribution in [0.15, 0.2) is 24.5 Å². The van der Waals surface area contributed by atoms with Crippen LogP contribution >= 0.6 is 0 Å². The molecule has 1 aliphatic heterocycles. The number of fused-ring (bicyclic) bond motifs is 1. The quantitative estimate of drug-likeness (QED) is 0.921. The lowest BCUT2D eigenvalue weighted by atomic mass is 9.95. The molecule has 0 fully saturated rings. The van der Waals surface area contributed by atoms with E-state index in [4.69, 9.17) is 4.74 Å². The van der Waals surface area contributed by atoms with Gasteiger partial charge < -0.3 is 10.1 Å². The van der Waals surface area contributed by atoms with Gasteiger partial charge in [0.25, 0.3) is 5.91 Å². The Morgan fingerprint density at radius 2 is 2.24 bits per heavy atom. The summed E-state index contributed by atoms with van der Waals surface area (Å²) in [7, 11) is 1.80. The lowest BCUT2D eigenvalue weighted by Crippen LogP contribution is -2.32. The van der Waals surface area contributed by atoms with Crippen LogP contribution < -0.4 is 10.1 Å². The Kier molecular flexibility index (Phi) is 3.41. The summed E-state index contributed by atoms with van der Waals surface area (Å²) in [6.45, 7) is 4.72. The number of carbonyl (C=O) groups excluding carboxylic acids is 1. The highest BCUT2D eigenvalue weighted by Gasteiger charge is 2.25. The largest absolute Gasteiger partial charge is 0.493 e. The van der Waals surface area contributed by atoms with Gasteiger partial charge in [0.1, 0.15) is 5.75 Å². The number of nitrogens with zero attached hydrogens (tertiary/aromatic N) is 2. The van der Waals surface area contributed by atoms with Crippen molar-refractivity contribution in [1.29, 1.82) is 0 Å². The number of rotatable bonds is 2. The van der Waals surface area contributed by atoms with E-state index < -0.39 is 0 Å². The summed E-state index contributed by atoms with van der Waals surface area (Å²) in [5.74, 6) is 0.809. The van der Waals surface area contributed by atoms with Crippen molar-refractivity contribution in [2.45, 2.75) is 26.3 Å². The van der Waals surface area contributed by atoms with Crippen LogP contribution in [-0.4, -0.2) is 22.3 Å². The van der Waals surface area contributed by atoms with Gasteiger partial charge in [-0.25, -0.2) is 0 Å². The van der Waals surface area contributed by atoms with Crippen molar-refractivity contribution in [3.8, 4) is 5.75 Å². The van der Waals surface area contributed by atoms with E-state index in [1.807, 2.05) is 6.92 Å². The van der Waals surface area contributed by atoms with Crippen LogP contribution in [0.5, 0.6) is 5.75 Å². The Labute approximate surface area is 123 Å². The van der Waals surface area contributed by atoms with Crippen molar-refractivity contribution < 1.29 is 9.53 Å². The van der Waals surface area contributed by atoms with E-state index in [1.165, 1.54) is 5.56 Å². The third kappa shape index (κ3) is 2.63. The first-order chi connectivity index (χ1) is 10.0. The van der Waals surface area contributed by atoms with E-state index in [2.05, 4.69) is 29.5 Å². The van der Waals surface area contributed by atoms with Crippen LogP contribution in [0.1, 0.15) is 39.5 Å². The minimum Gasteiger partial charge on any atom is -0.493 e. The maximum atomic E-state index is 12.3. The molecule has 5 nitrogen and oxygen atoms in total. The standard InChI is InChI=1S/C16H19N3O2/c1-10-6-11(2)15-13(7-10)14(4-5-21-15)18-16(20)12-8-17-19(3)9-12/h6-9,14H,4-5H2,1-3H3,(H,18,20)/t14-/m0/s1. The second-order valence-corrected chi connectivity index (χ2v) is 5.57. The molecule has 0 spiro atoms. The van der Waals surface area contributed by atoms with E-state index in [0.717, 1.165) is 23.3 Å². The summed E-state index contributed by atoms with van der Waals surface area (Å²) >= 11 is 0. The number of hydrogen-bond donors (Lipinski definition) is 1. The number of ether oxygens (including phenoxy) is 1. The van der Waals surface area contributed by atoms with Gasteiger partial charge in [-0.2, -0.15) is 5.10 Å². The van der Waals surface area contributed by atoms with Gasteiger partial charge in [0.05, 0.1) is 24.4 Å². The Morgan fingerprint density at radius 1 is 1.43 bits per heavy atom. The van der Waals surface area contributed by atoms with Crippen LogP contribution in [0.25, 0.3) is 0 Å². The summed E-state index contributed by atoms with van der Waals surface area (Å²) in [6, 6.07) is 4.18. The maximum Gasteiger partial charge on any atom is 0.254 e. The second-order valence-electron chi connectivity index (χ2n) is 5.57. The zero-order chi connectivity index (χ0) is 15.0. The highest BCUT2D eigenvalue weighted by molar-refractivity contribution is 5.94. The highest BCUT2D eigenvalue weighted by atomic mass is 16.5. The molecule has 0 saturated carbocycles. The number of amides is 1. The Balaban J connectivity index is 1.87. The summed E-state index contributed by atoms with van der Waals surface area (Å²) in [5.41, 5.74) is 3.94. The van der Waals surface area contributed by atoms with Crippen LogP contribution in [0.3, 0.4) is 0 Å². The van der Waals surface area contributed by atoms with E-state index in [-0.39, 0.29) is 11.9 Å². The van der Waals surface area contributed by atoms with Gasteiger partial charge in [-0.1, -0.05) is 17.7 Å². The predicted octanol–water partition coefficient (Wildman–Crippen LogP) is 2.29. The van der Waals surface area contributed by atoms with Gasteiger partial charge >= 0.3 is 0 Å². The first-order valence-corrected chi connectivity index (χ1v) is 7.08. The lowest BCUT2D eigenvalue weighted by molar-refractivity contribution is 0.0924. The molecule has 21 heavy (non-hydrogen) atoms. The average Bonchev–Trinajstić information content (AvgIpc) is 2.86. The number of nitrogens with one attached hydrogen (secondary N) is 1. The summed E-state index contributed by atoms with van der Waals surface area (Å²) < 4.78 is 7.39. The molecule has 3 rings (SSSR count). The van der Waals surface area contributed by atoms with E-state index in [1.54, 1.807) is 24.1 Å². The van der Waals surface area contributed by atoms with Crippen molar-refractivity contribution in [1.82, 2.24) is 15.1 Å². The first kappa shape index (κ1) is 13.7. The maximum absolute atomic E-state index is 12.3. The number of benzene rings is 1. The molecule has 1 aromatic heterocycles. The van der Waals surface area contributed by atoms with Gasteiger partial charge in [-0.15, -0.1) is 0 Å². The molecule has 0 bridgehead atoms. The second kappa shape index (κ2) is 5.24. The molecule has 1 aromatic carbocycles. The molecule has 2 heterocycles.